The highest BCUT2D eigenvalue weighted by Gasteiger charge is 2.18. The molecule has 0 atom stereocenters. The number of hydrogen-bond donors (Lipinski definition) is 2. The molecule has 0 aliphatic rings. The summed E-state index contributed by atoms with van der Waals surface area (Å²) in [5.74, 6) is -0.744. The van der Waals surface area contributed by atoms with E-state index < -0.39 is 5.97 Å². The van der Waals surface area contributed by atoms with Crippen LogP contribution in [0.2, 0.25) is 5.02 Å². The van der Waals surface area contributed by atoms with E-state index in [2.05, 4.69) is 4.98 Å². The van der Waals surface area contributed by atoms with Crippen LogP contribution in [0.1, 0.15) is 15.9 Å². The lowest BCUT2D eigenvalue weighted by Crippen LogP contribution is -2.15. The van der Waals surface area contributed by atoms with Gasteiger partial charge in [-0.25, -0.2) is 9.78 Å². The molecule has 3 aromatic rings. The molecule has 0 saturated carbocycles. The topological polar surface area (TPSA) is 78.6 Å². The van der Waals surface area contributed by atoms with Crippen LogP contribution in [0.15, 0.2) is 55.0 Å². The molecule has 2 N–H and O–H groups in total. The van der Waals surface area contributed by atoms with Crippen molar-refractivity contribution in [2.45, 2.75) is 6.54 Å². The first-order valence-electron chi connectivity index (χ1n) is 7.51. The van der Waals surface area contributed by atoms with Crippen molar-refractivity contribution in [3.63, 3.8) is 0 Å². The fraction of sp³-hybridized carbons (Fsp3) is 0.111. The van der Waals surface area contributed by atoms with Gasteiger partial charge in [-0.1, -0.05) is 29.8 Å². The van der Waals surface area contributed by atoms with Gasteiger partial charge in [-0.15, -0.1) is 0 Å². The van der Waals surface area contributed by atoms with Crippen LogP contribution in [0.3, 0.4) is 0 Å². The number of anilines is 2. The minimum Gasteiger partial charge on any atom is -0.505 e. The van der Waals surface area contributed by atoms with Crippen molar-refractivity contribution in [2.75, 3.05) is 11.9 Å². The number of carboxylic acids is 1. The molecule has 0 spiro atoms. The lowest BCUT2D eigenvalue weighted by molar-refractivity contribution is 0.0694. The second kappa shape index (κ2) is 6.86. The smallest absolute Gasteiger partial charge is 0.339 e. The van der Waals surface area contributed by atoms with Crippen molar-refractivity contribution in [2.24, 2.45) is 0 Å². The zero-order valence-corrected chi connectivity index (χ0v) is 14.2. The molecule has 1 heterocycles. The quantitative estimate of drug-likeness (QED) is 0.727. The number of halogens is 1. The molecule has 2 aromatic carbocycles. The highest BCUT2D eigenvalue weighted by molar-refractivity contribution is 6.30. The van der Waals surface area contributed by atoms with Gasteiger partial charge in [0, 0.05) is 12.1 Å². The Morgan fingerprint density at radius 2 is 1.96 bits per heavy atom. The third kappa shape index (κ3) is 3.44. The summed E-state index contributed by atoms with van der Waals surface area (Å²) in [6.45, 7) is 0.566. The first-order chi connectivity index (χ1) is 12.0. The van der Waals surface area contributed by atoms with Crippen LogP contribution < -0.4 is 4.90 Å². The van der Waals surface area contributed by atoms with Crippen LogP contribution in [0.5, 0.6) is 5.75 Å². The molecule has 1 aromatic heterocycles. The predicted octanol–water partition coefficient (Wildman–Crippen LogP) is 3.76. The van der Waals surface area contributed by atoms with E-state index in [0.29, 0.717) is 23.1 Å². The van der Waals surface area contributed by atoms with Crippen LogP contribution in [-0.4, -0.2) is 32.8 Å². The van der Waals surface area contributed by atoms with Crippen molar-refractivity contribution in [1.29, 1.82) is 0 Å². The van der Waals surface area contributed by atoms with Gasteiger partial charge in [-0.3, -0.25) is 0 Å². The molecular weight excluding hydrogens is 342 g/mol. The van der Waals surface area contributed by atoms with Gasteiger partial charge in [0.2, 0.25) is 0 Å². The molecule has 0 aliphatic heterocycles. The van der Waals surface area contributed by atoms with E-state index in [-0.39, 0.29) is 11.3 Å². The van der Waals surface area contributed by atoms with Crippen LogP contribution >= 0.6 is 11.6 Å². The van der Waals surface area contributed by atoms with E-state index in [1.807, 2.05) is 28.8 Å². The predicted molar refractivity (Wildman–Crippen MR) is 95.9 cm³/mol. The summed E-state index contributed by atoms with van der Waals surface area (Å²) in [5, 5.41) is 20.1. The van der Waals surface area contributed by atoms with Crippen molar-refractivity contribution < 1.29 is 15.0 Å². The highest BCUT2D eigenvalue weighted by atomic mass is 35.5. The van der Waals surface area contributed by atoms with Gasteiger partial charge in [-0.2, -0.15) is 0 Å². The van der Waals surface area contributed by atoms with Gasteiger partial charge in [0.15, 0.2) is 5.75 Å². The lowest BCUT2D eigenvalue weighted by Gasteiger charge is -2.22. The Hall–Kier alpha value is -2.99. The number of benzene rings is 2. The third-order valence-corrected chi connectivity index (χ3v) is 4.16. The fourth-order valence-electron chi connectivity index (χ4n) is 2.60. The number of hydrogen-bond acceptors (Lipinski definition) is 4. The first kappa shape index (κ1) is 16.9. The molecule has 0 radical (unpaired) electrons. The zero-order valence-electron chi connectivity index (χ0n) is 13.4. The Morgan fingerprint density at radius 1 is 1.24 bits per heavy atom. The second-order valence-corrected chi connectivity index (χ2v) is 5.98. The van der Waals surface area contributed by atoms with E-state index in [1.54, 1.807) is 36.6 Å². The van der Waals surface area contributed by atoms with E-state index in [9.17, 15) is 9.90 Å². The van der Waals surface area contributed by atoms with Gasteiger partial charge >= 0.3 is 5.97 Å². The van der Waals surface area contributed by atoms with Crippen molar-refractivity contribution in [1.82, 2.24) is 9.55 Å². The first-order valence-corrected chi connectivity index (χ1v) is 7.88. The van der Waals surface area contributed by atoms with Crippen LogP contribution in [-0.2, 0) is 6.54 Å². The summed E-state index contributed by atoms with van der Waals surface area (Å²) in [7, 11) is 1.75. The standard InChI is InChI=1S/C18H16ClN3O3/c1-21(15-4-2-3-14(17(15)23)18(24)25)16-9-20-11-22(16)10-12-5-7-13(19)8-6-12/h2-9,11,23H,10H2,1H3,(H,24,25). The number of rotatable bonds is 5. The van der Waals surface area contributed by atoms with Gasteiger partial charge in [-0.05, 0) is 29.8 Å². The lowest BCUT2D eigenvalue weighted by atomic mass is 10.1. The van der Waals surface area contributed by atoms with Crippen LogP contribution in [0.4, 0.5) is 11.5 Å². The minimum absolute atomic E-state index is 0.145. The number of aromatic nitrogens is 2. The number of aromatic hydroxyl groups is 1. The average Bonchev–Trinajstić information content (AvgIpc) is 3.04. The summed E-state index contributed by atoms with van der Waals surface area (Å²) >= 11 is 5.91. The Balaban J connectivity index is 1.93. The highest BCUT2D eigenvalue weighted by Crippen LogP contribution is 2.34. The summed E-state index contributed by atoms with van der Waals surface area (Å²) in [6, 6.07) is 12.1. The molecular formula is C18H16ClN3O3. The van der Waals surface area contributed by atoms with Crippen molar-refractivity contribution in [3.8, 4) is 5.75 Å². The van der Waals surface area contributed by atoms with E-state index in [0.717, 1.165) is 5.56 Å². The maximum atomic E-state index is 11.2. The summed E-state index contributed by atoms with van der Waals surface area (Å²) in [4.78, 5) is 17.1. The Morgan fingerprint density at radius 3 is 2.64 bits per heavy atom. The number of carboxylic acid groups (broad SMARTS) is 1. The van der Waals surface area contributed by atoms with Gasteiger partial charge in [0.05, 0.1) is 24.8 Å². The number of nitrogens with zero attached hydrogens (tertiary/aromatic N) is 3. The number of phenols is 1. The monoisotopic (exact) mass is 357 g/mol. The Kier molecular flexibility index (Phi) is 4.63. The second-order valence-electron chi connectivity index (χ2n) is 5.54. The molecule has 3 rings (SSSR count). The number of para-hydroxylation sites is 1. The maximum Gasteiger partial charge on any atom is 0.339 e. The number of carbonyl (C=O) groups is 1. The van der Waals surface area contributed by atoms with Gasteiger partial charge in [0.25, 0.3) is 0 Å². The summed E-state index contributed by atoms with van der Waals surface area (Å²) in [6.07, 6.45) is 3.33. The molecule has 0 fully saturated rings. The summed E-state index contributed by atoms with van der Waals surface area (Å²) in [5.41, 5.74) is 1.28. The maximum absolute atomic E-state index is 11.2. The molecule has 7 heteroatoms. The van der Waals surface area contributed by atoms with E-state index >= 15 is 0 Å². The van der Waals surface area contributed by atoms with Crippen LogP contribution in [0, 0.1) is 0 Å². The van der Waals surface area contributed by atoms with Crippen LogP contribution in [0.25, 0.3) is 0 Å². The third-order valence-electron chi connectivity index (χ3n) is 3.91. The Bertz CT molecular complexity index is 906. The molecule has 25 heavy (non-hydrogen) atoms. The van der Waals surface area contributed by atoms with Crippen molar-refractivity contribution >= 4 is 29.1 Å². The molecule has 0 amide bonds. The molecule has 6 nitrogen and oxygen atoms in total. The SMILES string of the molecule is CN(c1cccc(C(=O)O)c1O)c1cncn1Cc1ccc(Cl)cc1. The molecule has 0 unspecified atom stereocenters. The molecule has 0 saturated heterocycles. The molecule has 0 aliphatic carbocycles. The van der Waals surface area contributed by atoms with E-state index in [4.69, 9.17) is 16.7 Å². The fourth-order valence-corrected chi connectivity index (χ4v) is 2.73. The minimum atomic E-state index is -1.18. The van der Waals surface area contributed by atoms with Crippen molar-refractivity contribution in [3.05, 3.63) is 71.1 Å². The summed E-state index contributed by atoms with van der Waals surface area (Å²) < 4.78 is 1.90. The average molecular weight is 358 g/mol. The zero-order chi connectivity index (χ0) is 18.0. The van der Waals surface area contributed by atoms with Gasteiger partial charge in [0.1, 0.15) is 11.4 Å². The number of aromatic carboxylic acids is 1. The van der Waals surface area contributed by atoms with E-state index in [1.165, 1.54) is 6.07 Å². The number of imidazole rings is 1. The molecule has 128 valence electrons. The Labute approximate surface area is 149 Å². The normalized spacial score (nSPS) is 10.6. The largest absolute Gasteiger partial charge is 0.505 e. The van der Waals surface area contributed by atoms with Gasteiger partial charge < -0.3 is 19.7 Å². The molecule has 0 bridgehead atoms.